The van der Waals surface area contributed by atoms with Gasteiger partial charge in [-0.1, -0.05) is 72.1 Å². The molecule has 0 unspecified atom stereocenters. The predicted octanol–water partition coefficient (Wildman–Crippen LogP) is 8.97. The summed E-state index contributed by atoms with van der Waals surface area (Å²) >= 11 is 0. The Morgan fingerprint density at radius 3 is 1.96 bits per heavy atom. The van der Waals surface area contributed by atoms with Gasteiger partial charge in [0, 0.05) is 29.8 Å². The summed E-state index contributed by atoms with van der Waals surface area (Å²) in [4.78, 5) is 43.2. The molecule has 262 valence electrons. The van der Waals surface area contributed by atoms with E-state index in [0.29, 0.717) is 23.4 Å². The van der Waals surface area contributed by atoms with Crippen LogP contribution >= 0.6 is 0 Å². The monoisotopic (exact) mass is 658 g/mol. The number of ketones is 1. The summed E-state index contributed by atoms with van der Waals surface area (Å²) in [5.41, 5.74) is 1.46. The molecule has 1 aromatic rings. The molecule has 8 nitrogen and oxygen atoms in total. The lowest BCUT2D eigenvalue weighted by Gasteiger charge is -2.30. The van der Waals surface area contributed by atoms with Gasteiger partial charge in [0.15, 0.2) is 0 Å². The molecule has 2 amide bonds. The second-order valence-corrected chi connectivity index (χ2v) is 16.3. The molecule has 3 aliphatic carbocycles. The molecule has 5 rings (SSSR count). The van der Waals surface area contributed by atoms with Crippen LogP contribution in [0.15, 0.2) is 40.2 Å². The number of rotatable bonds is 13. The third-order valence-corrected chi connectivity index (χ3v) is 11.2. The van der Waals surface area contributed by atoms with Gasteiger partial charge in [0.25, 0.3) is 5.91 Å². The van der Waals surface area contributed by atoms with Crippen molar-refractivity contribution in [2.24, 2.45) is 22.4 Å². The third kappa shape index (κ3) is 7.58. The lowest BCUT2D eigenvalue weighted by molar-refractivity contribution is -0.130. The predicted molar refractivity (Wildman–Crippen MR) is 195 cm³/mol. The van der Waals surface area contributed by atoms with Crippen molar-refractivity contribution in [1.29, 1.82) is 0 Å². The molecule has 0 bridgehead atoms. The van der Waals surface area contributed by atoms with Crippen molar-refractivity contribution in [2.75, 3.05) is 23.3 Å². The minimum Gasteiger partial charge on any atom is -0.506 e. The van der Waals surface area contributed by atoms with Crippen LogP contribution in [0.4, 0.5) is 11.4 Å². The van der Waals surface area contributed by atoms with Gasteiger partial charge in [0.05, 0.1) is 33.7 Å². The van der Waals surface area contributed by atoms with Gasteiger partial charge in [-0.15, -0.1) is 0 Å². The van der Waals surface area contributed by atoms with E-state index in [1.54, 1.807) is 6.92 Å². The first-order valence-electron chi connectivity index (χ1n) is 18.6. The van der Waals surface area contributed by atoms with Gasteiger partial charge in [-0.25, -0.2) is 5.01 Å². The van der Waals surface area contributed by atoms with E-state index in [4.69, 9.17) is 0 Å². The van der Waals surface area contributed by atoms with Crippen LogP contribution < -0.4 is 10.2 Å². The Bertz CT molecular complexity index is 1480. The number of anilines is 2. The van der Waals surface area contributed by atoms with Gasteiger partial charge in [-0.3, -0.25) is 14.4 Å². The average molecular weight is 659 g/mol. The van der Waals surface area contributed by atoms with E-state index < -0.39 is 22.6 Å². The number of aliphatic hydroxyl groups excluding tert-OH is 1. The zero-order valence-corrected chi connectivity index (χ0v) is 30.5. The van der Waals surface area contributed by atoms with Crippen LogP contribution in [0.1, 0.15) is 138 Å². The number of allylic oxidation sites excluding steroid dienone is 2. The van der Waals surface area contributed by atoms with Crippen LogP contribution in [0.3, 0.4) is 0 Å². The van der Waals surface area contributed by atoms with Crippen molar-refractivity contribution in [3.63, 3.8) is 0 Å². The van der Waals surface area contributed by atoms with Crippen LogP contribution in [0, 0.1) is 17.3 Å². The number of nitrogens with zero attached hydrogens (tertiary/aromatic N) is 3. The lowest BCUT2D eigenvalue weighted by Crippen LogP contribution is -2.40. The van der Waals surface area contributed by atoms with E-state index in [1.807, 2.05) is 59.7 Å². The molecule has 1 heterocycles. The summed E-state index contributed by atoms with van der Waals surface area (Å²) in [6, 6.07) is 5.86. The maximum absolute atomic E-state index is 13.8. The van der Waals surface area contributed by atoms with Crippen molar-refractivity contribution in [2.45, 2.75) is 137 Å². The first-order valence-corrected chi connectivity index (χ1v) is 18.6. The maximum atomic E-state index is 13.8. The Balaban J connectivity index is 1.48. The van der Waals surface area contributed by atoms with E-state index in [1.165, 1.54) is 69.2 Å². The largest absolute Gasteiger partial charge is 0.506 e. The van der Waals surface area contributed by atoms with Gasteiger partial charge in [0.1, 0.15) is 5.76 Å². The smallest absolute Gasteiger partial charge is 0.277 e. The second kappa shape index (κ2) is 14.6. The molecule has 2 N–H and O–H groups in total. The van der Waals surface area contributed by atoms with E-state index in [9.17, 15) is 19.5 Å². The molecule has 2 fully saturated rings. The van der Waals surface area contributed by atoms with Crippen molar-refractivity contribution in [1.82, 2.24) is 5.01 Å². The minimum atomic E-state index is -0.622. The number of hydrogen-bond donors (Lipinski definition) is 2. The molecule has 0 saturated heterocycles. The van der Waals surface area contributed by atoms with Crippen LogP contribution in [-0.2, 0) is 14.4 Å². The molecule has 2 saturated carbocycles. The van der Waals surface area contributed by atoms with Crippen LogP contribution in [0.5, 0.6) is 0 Å². The number of nitrogens with one attached hydrogen (secondary N) is 1. The summed E-state index contributed by atoms with van der Waals surface area (Å²) in [6.07, 6.45) is 16.2. The molecule has 4 aliphatic rings. The average Bonchev–Trinajstić information content (AvgIpc) is 3.81. The number of carbonyl (C=O) groups is 3. The van der Waals surface area contributed by atoms with Crippen molar-refractivity contribution in [3.8, 4) is 0 Å². The fourth-order valence-electron chi connectivity index (χ4n) is 7.75. The highest BCUT2D eigenvalue weighted by atomic mass is 16.3. The zero-order valence-electron chi connectivity index (χ0n) is 30.5. The molecule has 0 radical (unpaired) electrons. The van der Waals surface area contributed by atoms with Crippen molar-refractivity contribution >= 4 is 40.3 Å². The number of Topliss-reactive ketones (excluding diaryl/α,β-unsaturated/α-hetero) is 1. The van der Waals surface area contributed by atoms with E-state index >= 15 is 0 Å². The molecule has 48 heavy (non-hydrogen) atoms. The lowest BCUT2D eigenvalue weighted by atomic mass is 9.79. The summed E-state index contributed by atoms with van der Waals surface area (Å²) < 4.78 is 0. The highest BCUT2D eigenvalue weighted by molar-refractivity contribution is 6.44. The highest BCUT2D eigenvalue weighted by Crippen LogP contribution is 2.44. The van der Waals surface area contributed by atoms with Crippen molar-refractivity contribution in [3.05, 3.63) is 40.7 Å². The SMILES string of the molecule is CCC(C)(C)C(=O)Nc1cc(N(CCCC2CCCC2)CCCC2CCCC2)ccc1C1=C(O)C(=C2C(=O)N(C(C)(C)C)N=C2C)C1=O. The van der Waals surface area contributed by atoms with Crippen LogP contribution in [-0.4, -0.2) is 52.1 Å². The van der Waals surface area contributed by atoms with Gasteiger partial charge in [-0.05, 0) is 89.8 Å². The summed E-state index contributed by atoms with van der Waals surface area (Å²) in [5.74, 6) is 0.488. The van der Waals surface area contributed by atoms with Gasteiger partial charge in [0.2, 0.25) is 11.7 Å². The standard InChI is InChI=1S/C40H58N4O4/c1-8-40(6,7)38(48)41-31-25-29(43(23-13-19-27-15-9-10-16-27)24-14-20-28-17-11-12-18-28)21-22-30(31)33-35(45)34(36(33)46)32-26(2)42-44(37(32)47)39(3,4)5/h21-22,25,27-28,45H,8-20,23-24H2,1-7H3,(H,41,48). The summed E-state index contributed by atoms with van der Waals surface area (Å²) in [6.45, 7) is 15.0. The molecule has 8 heteroatoms. The Hall–Kier alpha value is -3.42. The summed E-state index contributed by atoms with van der Waals surface area (Å²) in [5, 5.41) is 20.3. The Morgan fingerprint density at radius 2 is 1.48 bits per heavy atom. The topological polar surface area (TPSA) is 102 Å². The van der Waals surface area contributed by atoms with Crippen molar-refractivity contribution < 1.29 is 19.5 Å². The molecule has 0 spiro atoms. The molecular weight excluding hydrogens is 600 g/mol. The molecule has 0 aromatic heterocycles. The Labute approximate surface area is 288 Å². The first-order chi connectivity index (χ1) is 22.7. The highest BCUT2D eigenvalue weighted by Gasteiger charge is 2.45. The minimum absolute atomic E-state index is 0.00121. The quantitative estimate of drug-likeness (QED) is 0.206. The number of amides is 2. The van der Waals surface area contributed by atoms with Crippen LogP contribution in [0.2, 0.25) is 0 Å². The summed E-state index contributed by atoms with van der Waals surface area (Å²) in [7, 11) is 0. The number of hydrazone groups is 1. The number of aliphatic hydroxyl groups is 1. The Morgan fingerprint density at radius 1 is 0.917 bits per heavy atom. The number of hydrogen-bond acceptors (Lipinski definition) is 6. The molecule has 1 aliphatic heterocycles. The number of carbonyl (C=O) groups excluding carboxylic acids is 3. The van der Waals surface area contributed by atoms with E-state index in [0.717, 1.165) is 43.5 Å². The van der Waals surface area contributed by atoms with E-state index in [2.05, 4.69) is 15.3 Å². The van der Waals surface area contributed by atoms with E-state index in [-0.39, 0.29) is 28.4 Å². The zero-order chi connectivity index (χ0) is 34.8. The van der Waals surface area contributed by atoms with Gasteiger partial charge in [-0.2, -0.15) is 5.10 Å². The fourth-order valence-corrected chi connectivity index (χ4v) is 7.75. The maximum Gasteiger partial charge on any atom is 0.277 e. The first kappa shape index (κ1) is 35.9. The number of benzene rings is 1. The molecule has 1 aromatic carbocycles. The van der Waals surface area contributed by atoms with Gasteiger partial charge >= 0.3 is 0 Å². The van der Waals surface area contributed by atoms with Gasteiger partial charge < -0.3 is 15.3 Å². The second-order valence-electron chi connectivity index (χ2n) is 16.3. The van der Waals surface area contributed by atoms with Crippen LogP contribution in [0.25, 0.3) is 5.57 Å². The third-order valence-electron chi connectivity index (χ3n) is 11.2. The normalized spacial score (nSPS) is 21.0. The Kier molecular flexibility index (Phi) is 10.9. The molecular formula is C40H58N4O4. The fraction of sp³-hybridized carbons (Fsp3) is 0.650. The molecule has 0 atom stereocenters.